The zero-order valence-corrected chi connectivity index (χ0v) is 11.8. The number of rotatable bonds is 5. The lowest BCUT2D eigenvalue weighted by atomic mass is 10.0. The lowest BCUT2D eigenvalue weighted by Crippen LogP contribution is -2.31. The number of hydrogen-bond donors (Lipinski definition) is 1. The summed E-state index contributed by atoms with van der Waals surface area (Å²) >= 11 is 5.01. The molecule has 1 aromatic carbocycles. The number of ether oxygens (including phenoxy) is 1. The number of aryl methyl sites for hydroxylation is 1. The SMILES string of the molecule is CCC(Oc1cc(C)ccc1C(C)C)C(N)=S. The summed E-state index contributed by atoms with van der Waals surface area (Å²) in [6.45, 7) is 8.38. The van der Waals surface area contributed by atoms with E-state index in [4.69, 9.17) is 22.7 Å². The first kappa shape index (κ1) is 14.0. The summed E-state index contributed by atoms with van der Waals surface area (Å²) < 4.78 is 5.93. The minimum atomic E-state index is -0.177. The van der Waals surface area contributed by atoms with E-state index in [0.717, 1.165) is 12.2 Å². The van der Waals surface area contributed by atoms with Crippen LogP contribution in [-0.4, -0.2) is 11.1 Å². The van der Waals surface area contributed by atoms with Crippen molar-refractivity contribution in [2.75, 3.05) is 0 Å². The third-order valence-corrected chi connectivity index (χ3v) is 3.01. The molecule has 1 aromatic rings. The first-order valence-corrected chi connectivity index (χ1v) is 6.43. The van der Waals surface area contributed by atoms with E-state index in [-0.39, 0.29) is 6.10 Å². The van der Waals surface area contributed by atoms with Gasteiger partial charge >= 0.3 is 0 Å². The minimum Gasteiger partial charge on any atom is -0.483 e. The first-order valence-electron chi connectivity index (χ1n) is 6.02. The fraction of sp³-hybridized carbons (Fsp3) is 0.500. The fourth-order valence-corrected chi connectivity index (χ4v) is 1.93. The van der Waals surface area contributed by atoms with E-state index in [1.165, 1.54) is 11.1 Å². The number of benzene rings is 1. The second kappa shape index (κ2) is 6.01. The summed E-state index contributed by atoms with van der Waals surface area (Å²) in [6, 6.07) is 6.27. The Kier molecular flexibility index (Phi) is 4.94. The molecule has 1 atom stereocenters. The quantitative estimate of drug-likeness (QED) is 0.813. The van der Waals surface area contributed by atoms with Crippen molar-refractivity contribution in [2.45, 2.75) is 46.1 Å². The molecule has 1 rings (SSSR count). The van der Waals surface area contributed by atoms with Gasteiger partial charge in [-0.15, -0.1) is 0 Å². The zero-order chi connectivity index (χ0) is 13.0. The van der Waals surface area contributed by atoms with Crippen molar-refractivity contribution < 1.29 is 4.74 Å². The van der Waals surface area contributed by atoms with Crippen LogP contribution in [0.4, 0.5) is 0 Å². The molecule has 0 fully saturated rings. The van der Waals surface area contributed by atoms with Crippen LogP contribution in [0.5, 0.6) is 5.75 Å². The van der Waals surface area contributed by atoms with Gasteiger partial charge in [0, 0.05) is 0 Å². The third kappa shape index (κ3) is 3.70. The molecule has 1 unspecified atom stereocenters. The predicted octanol–water partition coefficient (Wildman–Crippen LogP) is 3.56. The Morgan fingerprint density at radius 2 is 2.06 bits per heavy atom. The van der Waals surface area contributed by atoms with Gasteiger partial charge in [-0.25, -0.2) is 0 Å². The highest BCUT2D eigenvalue weighted by Crippen LogP contribution is 2.28. The molecule has 2 nitrogen and oxygen atoms in total. The van der Waals surface area contributed by atoms with E-state index < -0.39 is 0 Å². The molecule has 0 amide bonds. The van der Waals surface area contributed by atoms with Crippen molar-refractivity contribution in [3.8, 4) is 5.75 Å². The molecule has 0 saturated carbocycles. The average Bonchev–Trinajstić information content (AvgIpc) is 2.25. The van der Waals surface area contributed by atoms with Crippen molar-refractivity contribution in [1.29, 1.82) is 0 Å². The molecule has 0 saturated heterocycles. The van der Waals surface area contributed by atoms with E-state index in [1.807, 2.05) is 6.92 Å². The zero-order valence-electron chi connectivity index (χ0n) is 11.0. The highest BCUT2D eigenvalue weighted by Gasteiger charge is 2.15. The molecule has 0 bridgehead atoms. The number of nitrogens with two attached hydrogens (primary N) is 1. The van der Waals surface area contributed by atoms with Gasteiger partial charge in [0.15, 0.2) is 0 Å². The standard InChI is InChI=1S/C14H21NOS/c1-5-12(14(15)17)16-13-8-10(4)6-7-11(13)9(2)3/h6-9,12H,5H2,1-4H3,(H2,15,17). The topological polar surface area (TPSA) is 35.2 Å². The van der Waals surface area contributed by atoms with Crippen molar-refractivity contribution in [3.63, 3.8) is 0 Å². The highest BCUT2D eigenvalue weighted by molar-refractivity contribution is 7.80. The van der Waals surface area contributed by atoms with Crippen molar-refractivity contribution in [3.05, 3.63) is 29.3 Å². The summed E-state index contributed by atoms with van der Waals surface area (Å²) in [5.74, 6) is 1.33. The van der Waals surface area contributed by atoms with Gasteiger partial charge in [-0.1, -0.05) is 45.1 Å². The summed E-state index contributed by atoms with van der Waals surface area (Å²) in [6.07, 6.45) is 0.616. The molecule has 3 heteroatoms. The molecule has 0 heterocycles. The molecule has 0 aliphatic heterocycles. The van der Waals surface area contributed by atoms with E-state index in [2.05, 4.69) is 39.0 Å². The van der Waals surface area contributed by atoms with E-state index >= 15 is 0 Å². The van der Waals surface area contributed by atoms with Crippen LogP contribution >= 0.6 is 12.2 Å². The molecule has 2 N–H and O–H groups in total. The summed E-state index contributed by atoms with van der Waals surface area (Å²) in [5.41, 5.74) is 8.05. The Bertz CT molecular complexity index is 401. The molecule has 94 valence electrons. The fourth-order valence-electron chi connectivity index (χ4n) is 1.72. The Labute approximate surface area is 109 Å². The Balaban J connectivity index is 3.02. The van der Waals surface area contributed by atoms with Crippen LogP contribution in [0.1, 0.15) is 44.2 Å². The van der Waals surface area contributed by atoms with Gasteiger partial charge in [-0.05, 0) is 36.5 Å². The number of thiocarbonyl (C=S) groups is 1. The molecular weight excluding hydrogens is 230 g/mol. The van der Waals surface area contributed by atoms with Crippen LogP contribution in [0.3, 0.4) is 0 Å². The van der Waals surface area contributed by atoms with Crippen molar-refractivity contribution >= 4 is 17.2 Å². The maximum absolute atomic E-state index is 5.93. The number of hydrogen-bond acceptors (Lipinski definition) is 2. The highest BCUT2D eigenvalue weighted by atomic mass is 32.1. The second-order valence-corrected chi connectivity index (χ2v) is 5.08. The van der Waals surface area contributed by atoms with Crippen LogP contribution in [0, 0.1) is 6.92 Å². The lowest BCUT2D eigenvalue weighted by molar-refractivity contribution is 0.260. The van der Waals surface area contributed by atoms with Crippen LogP contribution in [0.25, 0.3) is 0 Å². The average molecular weight is 251 g/mol. The Hall–Kier alpha value is -1.09. The van der Waals surface area contributed by atoms with Crippen molar-refractivity contribution in [1.82, 2.24) is 0 Å². The van der Waals surface area contributed by atoms with E-state index in [1.54, 1.807) is 0 Å². The lowest BCUT2D eigenvalue weighted by Gasteiger charge is -2.20. The largest absolute Gasteiger partial charge is 0.483 e. The molecule has 0 aliphatic carbocycles. The third-order valence-electron chi connectivity index (χ3n) is 2.75. The maximum Gasteiger partial charge on any atom is 0.148 e. The van der Waals surface area contributed by atoms with Crippen LogP contribution in [0.2, 0.25) is 0 Å². The molecule has 0 aliphatic rings. The van der Waals surface area contributed by atoms with Gasteiger partial charge in [0.2, 0.25) is 0 Å². The first-order chi connectivity index (χ1) is 7.95. The molecule has 0 radical (unpaired) electrons. The molecule has 0 aromatic heterocycles. The summed E-state index contributed by atoms with van der Waals surface area (Å²) in [7, 11) is 0. The van der Waals surface area contributed by atoms with Crippen molar-refractivity contribution in [2.24, 2.45) is 5.73 Å². The monoisotopic (exact) mass is 251 g/mol. The van der Waals surface area contributed by atoms with Crippen LogP contribution in [-0.2, 0) is 0 Å². The smallest absolute Gasteiger partial charge is 0.148 e. The van der Waals surface area contributed by atoms with Gasteiger partial charge < -0.3 is 10.5 Å². The van der Waals surface area contributed by atoms with Gasteiger partial charge in [-0.3, -0.25) is 0 Å². The summed E-state index contributed by atoms with van der Waals surface area (Å²) in [5, 5.41) is 0. The Morgan fingerprint density at radius 3 is 2.53 bits per heavy atom. The van der Waals surface area contributed by atoms with Gasteiger partial charge in [-0.2, -0.15) is 0 Å². The maximum atomic E-state index is 5.93. The Morgan fingerprint density at radius 1 is 1.41 bits per heavy atom. The van der Waals surface area contributed by atoms with Crippen LogP contribution in [0.15, 0.2) is 18.2 Å². The molecule has 17 heavy (non-hydrogen) atoms. The molecular formula is C14H21NOS. The second-order valence-electron chi connectivity index (χ2n) is 4.61. The van der Waals surface area contributed by atoms with Gasteiger partial charge in [0.25, 0.3) is 0 Å². The molecule has 0 spiro atoms. The van der Waals surface area contributed by atoms with Crippen LogP contribution < -0.4 is 10.5 Å². The van der Waals surface area contributed by atoms with E-state index in [9.17, 15) is 0 Å². The van der Waals surface area contributed by atoms with Gasteiger partial charge in [0.1, 0.15) is 16.8 Å². The minimum absolute atomic E-state index is 0.177. The predicted molar refractivity (Wildman–Crippen MR) is 76.8 cm³/mol. The van der Waals surface area contributed by atoms with Gasteiger partial charge in [0.05, 0.1) is 0 Å². The van der Waals surface area contributed by atoms with E-state index in [0.29, 0.717) is 10.9 Å². The summed E-state index contributed by atoms with van der Waals surface area (Å²) in [4.78, 5) is 0.420. The normalized spacial score (nSPS) is 12.5.